The van der Waals surface area contributed by atoms with Gasteiger partial charge in [-0.05, 0) is 62.0 Å². The Labute approximate surface area is 155 Å². The normalized spacial score (nSPS) is 17.7. The van der Waals surface area contributed by atoms with E-state index in [2.05, 4.69) is 24.0 Å². The van der Waals surface area contributed by atoms with Crippen LogP contribution in [-0.4, -0.2) is 30.5 Å². The summed E-state index contributed by atoms with van der Waals surface area (Å²) in [4.78, 5) is 24.9. The van der Waals surface area contributed by atoms with Crippen molar-refractivity contribution in [1.29, 1.82) is 0 Å². The van der Waals surface area contributed by atoms with E-state index in [-0.39, 0.29) is 11.9 Å². The van der Waals surface area contributed by atoms with Crippen molar-refractivity contribution < 1.29 is 14.6 Å². The molecule has 0 bridgehead atoms. The summed E-state index contributed by atoms with van der Waals surface area (Å²) in [6.07, 6.45) is 3.89. The van der Waals surface area contributed by atoms with Crippen LogP contribution in [0.15, 0.2) is 54.6 Å². The van der Waals surface area contributed by atoms with Gasteiger partial charge in [-0.2, -0.15) is 0 Å². The van der Waals surface area contributed by atoms with Crippen LogP contribution in [0.4, 0.5) is 0 Å². The number of likely N-dealkylation sites (tertiary alicyclic amines) is 1. The van der Waals surface area contributed by atoms with Crippen LogP contribution in [0.5, 0.6) is 5.75 Å². The molecule has 4 heteroatoms. The number of carbonyl (C=O) groups is 1. The fourth-order valence-electron chi connectivity index (χ4n) is 3.42. The third-order valence-corrected chi connectivity index (χ3v) is 4.77. The molecule has 2 aromatic carbocycles. The average molecular weight is 353 g/mol. The Morgan fingerprint density at radius 2 is 1.81 bits per heavy atom. The molecule has 1 atom stereocenters. The monoisotopic (exact) mass is 353 g/mol. The predicted octanol–water partition coefficient (Wildman–Crippen LogP) is 4.24. The van der Waals surface area contributed by atoms with E-state index in [1.807, 2.05) is 42.5 Å². The zero-order valence-electron chi connectivity index (χ0n) is 15.4. The molecule has 0 amide bonds. The van der Waals surface area contributed by atoms with Crippen molar-refractivity contribution in [2.75, 3.05) is 19.6 Å². The highest BCUT2D eigenvalue weighted by molar-refractivity contribution is 5.72. The van der Waals surface area contributed by atoms with Crippen LogP contribution in [-0.2, 0) is 16.1 Å². The van der Waals surface area contributed by atoms with Crippen molar-refractivity contribution in [3.8, 4) is 5.75 Å². The third-order valence-electron chi connectivity index (χ3n) is 4.77. The molecule has 0 aliphatic carbocycles. The largest absolute Gasteiger partial charge is 0.359 e. The molecule has 3 rings (SSSR count). The summed E-state index contributed by atoms with van der Waals surface area (Å²) >= 11 is 0. The zero-order chi connectivity index (χ0) is 18.2. The maximum atomic E-state index is 12.3. The SMILES string of the molecule is CCCN1CCCC(C(=O)OOc2ccc(Cc3ccccc3)cc2)C1. The molecule has 0 radical (unpaired) electrons. The van der Waals surface area contributed by atoms with Gasteiger partial charge in [0, 0.05) is 6.54 Å². The molecule has 0 spiro atoms. The molecule has 1 heterocycles. The van der Waals surface area contributed by atoms with Crippen molar-refractivity contribution in [2.45, 2.75) is 32.6 Å². The van der Waals surface area contributed by atoms with Gasteiger partial charge in [0.25, 0.3) is 0 Å². The fourth-order valence-corrected chi connectivity index (χ4v) is 3.42. The number of hydrogen-bond acceptors (Lipinski definition) is 4. The van der Waals surface area contributed by atoms with Crippen molar-refractivity contribution in [3.63, 3.8) is 0 Å². The quantitative estimate of drug-likeness (QED) is 0.551. The third kappa shape index (κ3) is 5.33. The number of rotatable bonds is 7. The number of hydrogen-bond donors (Lipinski definition) is 0. The van der Waals surface area contributed by atoms with Crippen LogP contribution >= 0.6 is 0 Å². The Morgan fingerprint density at radius 1 is 1.08 bits per heavy atom. The molecule has 1 aliphatic heterocycles. The van der Waals surface area contributed by atoms with E-state index in [0.29, 0.717) is 5.75 Å². The maximum Gasteiger partial charge on any atom is 0.359 e. The van der Waals surface area contributed by atoms with E-state index < -0.39 is 0 Å². The van der Waals surface area contributed by atoms with Gasteiger partial charge in [0.15, 0.2) is 5.75 Å². The second-order valence-electron chi connectivity index (χ2n) is 6.93. The van der Waals surface area contributed by atoms with Gasteiger partial charge in [-0.25, -0.2) is 4.79 Å². The minimum Gasteiger partial charge on any atom is -0.302 e. The number of piperidine rings is 1. The van der Waals surface area contributed by atoms with Crippen molar-refractivity contribution in [3.05, 3.63) is 65.7 Å². The Kier molecular flexibility index (Phi) is 6.67. The summed E-state index contributed by atoms with van der Waals surface area (Å²) in [5.41, 5.74) is 2.46. The minimum absolute atomic E-state index is 0.0901. The first kappa shape index (κ1) is 18.5. The molecule has 26 heavy (non-hydrogen) atoms. The van der Waals surface area contributed by atoms with E-state index in [0.717, 1.165) is 45.3 Å². The maximum absolute atomic E-state index is 12.3. The van der Waals surface area contributed by atoms with E-state index in [1.54, 1.807) is 0 Å². The molecule has 4 nitrogen and oxygen atoms in total. The smallest absolute Gasteiger partial charge is 0.302 e. The molecule has 138 valence electrons. The summed E-state index contributed by atoms with van der Waals surface area (Å²) in [6.45, 7) is 5.04. The topological polar surface area (TPSA) is 38.8 Å². The second kappa shape index (κ2) is 9.39. The molecule has 1 aliphatic rings. The summed E-state index contributed by atoms with van der Waals surface area (Å²) in [5, 5.41) is 0. The molecule has 2 aromatic rings. The van der Waals surface area contributed by atoms with Crippen LogP contribution in [0.1, 0.15) is 37.3 Å². The van der Waals surface area contributed by atoms with Gasteiger partial charge in [0.1, 0.15) is 0 Å². The van der Waals surface area contributed by atoms with Crippen LogP contribution < -0.4 is 4.89 Å². The van der Waals surface area contributed by atoms with Crippen molar-refractivity contribution >= 4 is 5.97 Å². The van der Waals surface area contributed by atoms with Gasteiger partial charge in [0.05, 0.1) is 5.92 Å². The van der Waals surface area contributed by atoms with E-state index >= 15 is 0 Å². The molecule has 0 N–H and O–H groups in total. The van der Waals surface area contributed by atoms with Crippen LogP contribution in [0.25, 0.3) is 0 Å². The summed E-state index contributed by atoms with van der Waals surface area (Å²) in [5.74, 6) is 0.197. The molecule has 1 unspecified atom stereocenters. The summed E-state index contributed by atoms with van der Waals surface area (Å²) in [6, 6.07) is 18.0. The summed E-state index contributed by atoms with van der Waals surface area (Å²) in [7, 11) is 0. The lowest BCUT2D eigenvalue weighted by Gasteiger charge is -2.30. The number of carbonyl (C=O) groups excluding carboxylic acids is 1. The Bertz CT molecular complexity index is 682. The average Bonchev–Trinajstić information content (AvgIpc) is 2.68. The van der Waals surface area contributed by atoms with Crippen LogP contribution in [0.2, 0.25) is 0 Å². The first-order chi connectivity index (χ1) is 12.7. The first-order valence-corrected chi connectivity index (χ1v) is 9.48. The lowest BCUT2D eigenvalue weighted by molar-refractivity contribution is -0.220. The zero-order valence-corrected chi connectivity index (χ0v) is 15.4. The molecule has 1 saturated heterocycles. The lowest BCUT2D eigenvalue weighted by Crippen LogP contribution is -2.39. The van der Waals surface area contributed by atoms with Gasteiger partial charge in [-0.3, -0.25) is 9.78 Å². The molecular formula is C22H27NO3. The highest BCUT2D eigenvalue weighted by Gasteiger charge is 2.27. The highest BCUT2D eigenvalue weighted by atomic mass is 17.2. The predicted molar refractivity (Wildman–Crippen MR) is 102 cm³/mol. The minimum atomic E-state index is -0.265. The van der Waals surface area contributed by atoms with Crippen LogP contribution in [0.3, 0.4) is 0 Å². The Morgan fingerprint density at radius 3 is 2.54 bits per heavy atom. The Balaban J connectivity index is 1.47. The van der Waals surface area contributed by atoms with Gasteiger partial charge in [0.2, 0.25) is 0 Å². The van der Waals surface area contributed by atoms with Gasteiger partial charge < -0.3 is 4.90 Å². The molecule has 0 saturated carbocycles. The molecule has 0 aromatic heterocycles. The molecular weight excluding hydrogens is 326 g/mol. The second-order valence-corrected chi connectivity index (χ2v) is 6.93. The van der Waals surface area contributed by atoms with Crippen LogP contribution in [0, 0.1) is 5.92 Å². The summed E-state index contributed by atoms with van der Waals surface area (Å²) < 4.78 is 0. The van der Waals surface area contributed by atoms with Gasteiger partial charge in [-0.15, -0.1) is 0 Å². The van der Waals surface area contributed by atoms with Crippen molar-refractivity contribution in [2.24, 2.45) is 5.92 Å². The van der Waals surface area contributed by atoms with Gasteiger partial charge in [-0.1, -0.05) is 49.4 Å². The van der Waals surface area contributed by atoms with Gasteiger partial charge >= 0.3 is 5.97 Å². The van der Waals surface area contributed by atoms with E-state index in [4.69, 9.17) is 9.78 Å². The standard InChI is InChI=1S/C22H27NO3/c1-2-14-23-15-6-9-20(17-23)22(24)26-25-21-12-10-19(11-13-21)16-18-7-4-3-5-8-18/h3-5,7-8,10-13,20H,2,6,9,14-17H2,1H3. The lowest BCUT2D eigenvalue weighted by atomic mass is 9.98. The highest BCUT2D eigenvalue weighted by Crippen LogP contribution is 2.20. The number of benzene rings is 2. The van der Waals surface area contributed by atoms with E-state index in [9.17, 15) is 4.79 Å². The number of nitrogens with zero attached hydrogens (tertiary/aromatic N) is 1. The molecule has 1 fully saturated rings. The fraction of sp³-hybridized carbons (Fsp3) is 0.409. The van der Waals surface area contributed by atoms with Crippen molar-refractivity contribution in [1.82, 2.24) is 4.90 Å². The van der Waals surface area contributed by atoms with E-state index in [1.165, 1.54) is 11.1 Å². The first-order valence-electron chi connectivity index (χ1n) is 9.48. The Hall–Kier alpha value is -2.33.